The van der Waals surface area contributed by atoms with Crippen molar-refractivity contribution in [2.24, 2.45) is 11.8 Å². The molecular weight excluding hydrogens is 1550 g/mol. The highest BCUT2D eigenvalue weighted by molar-refractivity contribution is 9.08. The molecule has 5 amide bonds. The fraction of sp³-hybridized carbons (Fsp3) is 0.513. The van der Waals surface area contributed by atoms with Gasteiger partial charge in [-0.1, -0.05) is 165 Å². The first-order valence-electron chi connectivity index (χ1n) is 35.6. The highest BCUT2D eigenvalue weighted by atomic mass is 79.9. The van der Waals surface area contributed by atoms with E-state index in [-0.39, 0.29) is 138 Å². The lowest BCUT2D eigenvalue weighted by Crippen LogP contribution is -2.54. The molecule has 5 aliphatic heterocycles. The molecule has 5 saturated heterocycles. The van der Waals surface area contributed by atoms with Crippen LogP contribution in [0.15, 0.2) is 121 Å². The molecule has 34 heteroatoms. The number of methoxy groups -OCH3 is 2. The van der Waals surface area contributed by atoms with Crippen molar-refractivity contribution in [1.82, 2.24) is 30.7 Å². The normalized spacial score (nSPS) is 17.1. The molecule has 7 N–H and O–H groups in total. The van der Waals surface area contributed by atoms with Crippen molar-refractivity contribution in [2.45, 2.75) is 180 Å². The van der Waals surface area contributed by atoms with E-state index in [0.29, 0.717) is 0 Å². The number of ether oxygens (including phenoxy) is 8. The number of nitrogens with one attached hydrogen (secondary N) is 3. The van der Waals surface area contributed by atoms with E-state index >= 15 is 0 Å². The van der Waals surface area contributed by atoms with Gasteiger partial charge < -0.3 is 73.9 Å². The number of aliphatic hydroxyl groups excluding tert-OH is 2. The van der Waals surface area contributed by atoms with Crippen molar-refractivity contribution in [2.75, 3.05) is 66.8 Å². The molecule has 4 aromatic carbocycles. The molecule has 0 bridgehead atoms. The number of amides is 5. The number of nitrogens with zero attached hydrogens (tertiary/aromatic N) is 3. The average Bonchev–Trinajstić information content (AvgIpc) is 1.63. The summed E-state index contributed by atoms with van der Waals surface area (Å²) in [6.07, 6.45) is -0.389. The van der Waals surface area contributed by atoms with Crippen LogP contribution < -0.4 is 16.0 Å². The topological polar surface area (TPSA) is 440 Å². The maximum Gasteiger partial charge on any atom is 0.411 e. The summed E-state index contributed by atoms with van der Waals surface area (Å²) in [5, 5.41) is 41.1. The number of alkyl carbamates (subject to hydrolysis) is 2. The van der Waals surface area contributed by atoms with Crippen molar-refractivity contribution in [3.63, 3.8) is 0 Å². The number of carboxylic acids is 2. The van der Waals surface area contributed by atoms with Gasteiger partial charge in [-0.25, -0.2) is 38.4 Å². The summed E-state index contributed by atoms with van der Waals surface area (Å²) < 4.78 is 39.6. The Labute approximate surface area is 667 Å². The zero-order chi connectivity index (χ0) is 83.4. The van der Waals surface area contributed by atoms with Crippen molar-refractivity contribution in [3.05, 3.63) is 144 Å². The maximum atomic E-state index is 12.9. The minimum Gasteiger partial charge on any atom is -0.480 e. The zero-order valence-electron chi connectivity index (χ0n) is 65.3. The van der Waals surface area contributed by atoms with Crippen molar-refractivity contribution in [1.29, 1.82) is 0 Å². The van der Waals surface area contributed by atoms with Gasteiger partial charge in [-0.3, -0.25) is 43.9 Å². The lowest BCUT2D eigenvalue weighted by atomic mass is 10.0. The number of carboxylic acid groups (broad SMARTS) is 2. The predicted molar refractivity (Wildman–Crippen MR) is 412 cm³/mol. The van der Waals surface area contributed by atoms with Gasteiger partial charge in [-0.15, -0.1) is 12.4 Å². The number of carbonyl (C=O) groups is 14. The van der Waals surface area contributed by atoms with Crippen LogP contribution in [0, 0.1) is 11.8 Å². The van der Waals surface area contributed by atoms with Gasteiger partial charge in [-0.05, 0) is 88.5 Å². The molecule has 0 aromatic heterocycles. The molecule has 0 aliphatic carbocycles. The molecule has 112 heavy (non-hydrogen) atoms. The standard InChI is InChI=1S/C19H24N2O6.C17H21NO5.C12H13NO3.C10H15NO5.C7H7Br.C7H13NO4.C4H8O.C2H6O2.ClH/c1-12(2)16(20-19(25)26-3)17(23)21-10-14(22)9-15(21)18(24)27-11-13-7-5-4-6-8-13;1-17(2,3)23-16(21)18-10-13(19)9-14(18)15(20)22-11-12-7-5-4-6-8-12;14-10-6-11(13-7-10)12(15)16-8-9-4-2-1-3-5-9;1-10(2,3)16-9(15)11-5-6(12)4-7(11)8(13)14;8-6-7-4-2-1-3-5-7;1-4(2)5(6(9)10)8-7(11)12-3;1-2-4-5-3-1;3-1-2-4;/h4-8,12,15-16H,9-11H2,1-3H3,(H,20,25);4-8,14H,9-11H2,1-3H3;1-5,11,13H,6-8H2;7H,4-5H2,1-3H3,(H,13,14);1-5H,6H2;4-5H,1-3H3,(H,8,11)(H,9,10);1-4H2;3-4H,1-2H2;1H/t15-,16-;14-;11-;7-;;5-;;;/m0000.0.../s1. The van der Waals surface area contributed by atoms with Crippen LogP contribution in [0.25, 0.3) is 0 Å². The lowest BCUT2D eigenvalue weighted by Gasteiger charge is -2.29. The quantitative estimate of drug-likeness (QED) is 0.0281. The summed E-state index contributed by atoms with van der Waals surface area (Å²) in [7, 11) is 2.38. The molecule has 5 heterocycles. The van der Waals surface area contributed by atoms with E-state index in [4.69, 9.17) is 48.8 Å². The predicted octanol–water partition coefficient (Wildman–Crippen LogP) is 8.12. The van der Waals surface area contributed by atoms with Gasteiger partial charge in [0.25, 0.3) is 0 Å². The van der Waals surface area contributed by atoms with Gasteiger partial charge in [0, 0.05) is 44.2 Å². The number of aliphatic hydroxyl groups is 2. The number of hydrogen-bond donors (Lipinski definition) is 7. The molecule has 32 nitrogen and oxygen atoms in total. The summed E-state index contributed by atoms with van der Waals surface area (Å²) in [5.41, 5.74) is 2.52. The minimum absolute atomic E-state index is 0. The summed E-state index contributed by atoms with van der Waals surface area (Å²) in [4.78, 5) is 165. The Morgan fingerprint density at radius 2 is 0.839 bits per heavy atom. The Hall–Kier alpha value is -9.93. The van der Waals surface area contributed by atoms with Crippen LogP contribution in [-0.2, 0) is 111 Å². The van der Waals surface area contributed by atoms with Gasteiger partial charge in [0.05, 0.1) is 53.6 Å². The average molecular weight is 1660 g/mol. The minimum atomic E-state index is -1.18. The van der Waals surface area contributed by atoms with Crippen LogP contribution in [0.1, 0.15) is 130 Å². The number of hydrogen-bond acceptors (Lipinski definition) is 25. The molecule has 0 saturated carbocycles. The summed E-state index contributed by atoms with van der Waals surface area (Å²) in [5.74, 6) is -5.38. The second kappa shape index (κ2) is 53.1. The van der Waals surface area contributed by atoms with Crippen LogP contribution in [-0.4, -0.2) is 233 Å². The molecular formula is C78H108BrClN6O26. The smallest absolute Gasteiger partial charge is 0.411 e. The number of esters is 3. The molecule has 0 spiro atoms. The number of alkyl halides is 1. The Kier molecular flexibility index (Phi) is 47.4. The van der Waals surface area contributed by atoms with Crippen molar-refractivity contribution >= 4 is 112 Å². The lowest BCUT2D eigenvalue weighted by molar-refractivity contribution is -0.155. The number of halogens is 2. The molecule has 5 fully saturated rings. The largest absolute Gasteiger partial charge is 0.480 e. The first kappa shape index (κ1) is 100. The summed E-state index contributed by atoms with van der Waals surface area (Å²) >= 11 is 3.36. The molecule has 9 rings (SSSR count). The Morgan fingerprint density at radius 1 is 0.500 bits per heavy atom. The van der Waals surface area contributed by atoms with E-state index in [0.717, 1.165) is 45.0 Å². The van der Waals surface area contributed by atoms with Crippen LogP contribution in [0.5, 0.6) is 0 Å². The van der Waals surface area contributed by atoms with Gasteiger partial charge in [-0.2, -0.15) is 0 Å². The van der Waals surface area contributed by atoms with Crippen molar-refractivity contribution in [3.8, 4) is 0 Å². The number of likely N-dealkylation sites (tertiary alicyclic amines) is 3. The van der Waals surface area contributed by atoms with Crippen LogP contribution in [0.3, 0.4) is 0 Å². The number of rotatable bonds is 18. The van der Waals surface area contributed by atoms with E-state index < -0.39 is 102 Å². The van der Waals surface area contributed by atoms with Gasteiger partial charge in [0.15, 0.2) is 17.3 Å². The number of Topliss-reactive ketones (excluding diaryl/α,β-unsaturated/α-hetero) is 4. The van der Waals surface area contributed by atoms with Gasteiger partial charge in [0.1, 0.15) is 73.1 Å². The maximum absolute atomic E-state index is 12.9. The van der Waals surface area contributed by atoms with Crippen LogP contribution >= 0.6 is 28.3 Å². The van der Waals surface area contributed by atoms with Crippen LogP contribution in [0.2, 0.25) is 0 Å². The second-order valence-electron chi connectivity index (χ2n) is 27.7. The molecule has 6 atom stereocenters. The molecule has 0 unspecified atom stereocenters. The molecule has 4 aromatic rings. The molecule has 5 aliphatic rings. The third kappa shape index (κ3) is 40.3. The Balaban J connectivity index is 0.000000674. The first-order valence-corrected chi connectivity index (χ1v) is 36.8. The number of carbonyl (C=O) groups excluding carboxylic acids is 12. The molecule has 0 radical (unpaired) electrons. The van der Waals surface area contributed by atoms with E-state index in [9.17, 15) is 67.1 Å². The van der Waals surface area contributed by atoms with Gasteiger partial charge >= 0.3 is 54.2 Å². The number of aliphatic carboxylic acids is 2. The first-order chi connectivity index (χ1) is 52.4. The SMILES string of the molecule is BrCc1ccccc1.C1CCOC1.CC(C)(C)OC(=O)N1CC(=O)C[C@H]1C(=O)O.CC(C)(C)OC(=O)N1CC(=O)C[C@H]1C(=O)OCc1ccccc1.COC(=O)N[C@H](C(=O)N1CC(=O)C[C@H]1C(=O)OCc1ccccc1)C(C)C.COC(=O)N[C@H](C(=O)O)C(C)C.Cl.O=C1CN[C@H](C(=O)OCc2ccccc2)C1.OCCO. The highest BCUT2D eigenvalue weighted by Gasteiger charge is 2.45. The second-order valence-corrected chi connectivity index (χ2v) is 28.3. The van der Waals surface area contributed by atoms with Gasteiger partial charge in [0.2, 0.25) is 5.91 Å². The molecule has 620 valence electrons. The third-order valence-corrected chi connectivity index (χ3v) is 16.1. The summed E-state index contributed by atoms with van der Waals surface area (Å²) in [6.45, 7) is 19.1. The van der Waals surface area contributed by atoms with Crippen molar-refractivity contribution < 1.29 is 125 Å². The fourth-order valence-electron chi connectivity index (χ4n) is 9.88. The number of benzene rings is 4. The Morgan fingerprint density at radius 3 is 1.13 bits per heavy atom. The Bertz CT molecular complexity index is 3590. The van der Waals surface area contributed by atoms with E-state index in [1.165, 1.54) is 37.5 Å². The van der Waals surface area contributed by atoms with E-state index in [1.807, 2.05) is 109 Å². The third-order valence-electron chi connectivity index (χ3n) is 15.4. The number of ketones is 4. The van der Waals surface area contributed by atoms with Crippen LogP contribution in [0.4, 0.5) is 19.2 Å². The fourth-order valence-corrected chi connectivity index (χ4v) is 10.3. The van der Waals surface area contributed by atoms with E-state index in [1.54, 1.807) is 69.2 Å². The monoisotopic (exact) mass is 1660 g/mol. The van der Waals surface area contributed by atoms with E-state index in [2.05, 4.69) is 53.5 Å². The highest BCUT2D eigenvalue weighted by Crippen LogP contribution is 2.24. The summed E-state index contributed by atoms with van der Waals surface area (Å²) in [6, 6.07) is 32.8. The zero-order valence-corrected chi connectivity index (χ0v) is 67.7.